The molecule has 1 rings (SSSR count). The first kappa shape index (κ1) is 16.0. The maximum atomic E-state index is 11.8. The Hall–Kier alpha value is -2.04. The van der Waals surface area contributed by atoms with Crippen LogP contribution in [-0.2, 0) is 11.2 Å². The molecule has 1 atom stereocenters. The van der Waals surface area contributed by atoms with E-state index < -0.39 is 18.0 Å². The van der Waals surface area contributed by atoms with Crippen molar-refractivity contribution in [1.82, 2.24) is 10.6 Å². The SMILES string of the molecule is CCC(C)(C)NC(=O)N[C@@H](Cc1ccccc1)C(=O)O. The summed E-state index contributed by atoms with van der Waals surface area (Å²) in [5, 5.41) is 14.5. The number of urea groups is 1. The highest BCUT2D eigenvalue weighted by atomic mass is 16.4. The molecular weight excluding hydrogens is 256 g/mol. The predicted molar refractivity (Wildman–Crippen MR) is 77.6 cm³/mol. The Morgan fingerprint density at radius 3 is 2.35 bits per heavy atom. The van der Waals surface area contributed by atoms with Crippen molar-refractivity contribution in [2.24, 2.45) is 0 Å². The first-order valence-electron chi connectivity index (χ1n) is 6.69. The molecule has 1 aromatic carbocycles. The quantitative estimate of drug-likeness (QED) is 0.746. The second kappa shape index (κ2) is 6.93. The first-order chi connectivity index (χ1) is 9.34. The molecule has 3 N–H and O–H groups in total. The van der Waals surface area contributed by atoms with Crippen molar-refractivity contribution in [3.8, 4) is 0 Å². The number of carboxylic acids is 1. The number of hydrogen-bond donors (Lipinski definition) is 3. The van der Waals surface area contributed by atoms with E-state index in [4.69, 9.17) is 0 Å². The van der Waals surface area contributed by atoms with Crippen LogP contribution in [0, 0.1) is 0 Å². The Morgan fingerprint density at radius 2 is 1.85 bits per heavy atom. The zero-order chi connectivity index (χ0) is 15.2. The minimum atomic E-state index is -1.04. The number of carbonyl (C=O) groups is 2. The smallest absolute Gasteiger partial charge is 0.326 e. The van der Waals surface area contributed by atoms with Crippen LogP contribution in [0.15, 0.2) is 30.3 Å². The Kier molecular flexibility index (Phi) is 5.55. The molecular formula is C15H22N2O3. The lowest BCUT2D eigenvalue weighted by Gasteiger charge is -2.26. The molecule has 0 heterocycles. The lowest BCUT2D eigenvalue weighted by atomic mass is 10.0. The standard InChI is InChI=1S/C15H22N2O3/c1-4-15(2,3)17-14(20)16-12(13(18)19)10-11-8-6-5-7-9-11/h5-9,12H,4,10H2,1-3H3,(H,18,19)(H2,16,17,20)/t12-/m0/s1. The van der Waals surface area contributed by atoms with Gasteiger partial charge in [0.1, 0.15) is 6.04 Å². The van der Waals surface area contributed by atoms with Gasteiger partial charge >= 0.3 is 12.0 Å². The lowest BCUT2D eigenvalue weighted by Crippen LogP contribution is -2.53. The zero-order valence-electron chi connectivity index (χ0n) is 12.1. The van der Waals surface area contributed by atoms with Crippen LogP contribution in [0.1, 0.15) is 32.8 Å². The van der Waals surface area contributed by atoms with Crippen LogP contribution in [0.4, 0.5) is 4.79 Å². The van der Waals surface area contributed by atoms with Crippen LogP contribution < -0.4 is 10.6 Å². The first-order valence-corrected chi connectivity index (χ1v) is 6.69. The Balaban J connectivity index is 2.64. The summed E-state index contributed by atoms with van der Waals surface area (Å²) < 4.78 is 0. The third-order valence-electron chi connectivity index (χ3n) is 3.22. The number of aliphatic carboxylic acids is 1. The third kappa shape index (κ3) is 5.30. The molecule has 0 fully saturated rings. The molecule has 0 radical (unpaired) electrons. The van der Waals surface area contributed by atoms with Gasteiger partial charge in [-0.15, -0.1) is 0 Å². The molecule has 0 aliphatic carbocycles. The van der Waals surface area contributed by atoms with Crippen molar-refractivity contribution in [3.05, 3.63) is 35.9 Å². The zero-order valence-corrected chi connectivity index (χ0v) is 12.1. The van der Waals surface area contributed by atoms with Crippen LogP contribution in [0.2, 0.25) is 0 Å². The number of carboxylic acid groups (broad SMARTS) is 1. The Morgan fingerprint density at radius 1 is 1.25 bits per heavy atom. The van der Waals surface area contributed by atoms with E-state index in [-0.39, 0.29) is 12.0 Å². The van der Waals surface area contributed by atoms with E-state index in [0.29, 0.717) is 0 Å². The topological polar surface area (TPSA) is 78.4 Å². The number of carbonyl (C=O) groups excluding carboxylic acids is 1. The van der Waals surface area contributed by atoms with Gasteiger partial charge in [-0.2, -0.15) is 0 Å². The third-order valence-corrected chi connectivity index (χ3v) is 3.22. The maximum absolute atomic E-state index is 11.8. The summed E-state index contributed by atoms with van der Waals surface area (Å²) in [4.78, 5) is 23.1. The fourth-order valence-electron chi connectivity index (χ4n) is 1.64. The van der Waals surface area contributed by atoms with E-state index >= 15 is 0 Å². The molecule has 0 aliphatic rings. The largest absolute Gasteiger partial charge is 0.480 e. The Bertz CT molecular complexity index is 457. The van der Waals surface area contributed by atoms with Crippen molar-refractivity contribution in [1.29, 1.82) is 0 Å². The molecule has 1 aromatic rings. The van der Waals surface area contributed by atoms with E-state index in [0.717, 1.165) is 12.0 Å². The molecule has 110 valence electrons. The molecule has 0 unspecified atom stereocenters. The second-order valence-corrected chi connectivity index (χ2v) is 5.42. The molecule has 5 heteroatoms. The van der Waals surface area contributed by atoms with Crippen molar-refractivity contribution >= 4 is 12.0 Å². The fourth-order valence-corrected chi connectivity index (χ4v) is 1.64. The summed E-state index contributed by atoms with van der Waals surface area (Å²) in [5.74, 6) is -1.04. The molecule has 0 aromatic heterocycles. The maximum Gasteiger partial charge on any atom is 0.326 e. The average Bonchev–Trinajstić information content (AvgIpc) is 2.38. The van der Waals surface area contributed by atoms with E-state index in [9.17, 15) is 14.7 Å². The molecule has 2 amide bonds. The van der Waals surface area contributed by atoms with Gasteiger partial charge in [0.15, 0.2) is 0 Å². The van der Waals surface area contributed by atoms with E-state index in [1.54, 1.807) is 0 Å². The van der Waals surface area contributed by atoms with Gasteiger partial charge in [0.05, 0.1) is 0 Å². The van der Waals surface area contributed by atoms with E-state index in [1.165, 1.54) is 0 Å². The van der Waals surface area contributed by atoms with Gasteiger partial charge in [0.25, 0.3) is 0 Å². The molecule has 0 saturated carbocycles. The number of hydrogen-bond acceptors (Lipinski definition) is 2. The molecule has 0 saturated heterocycles. The average molecular weight is 278 g/mol. The van der Waals surface area contributed by atoms with Crippen LogP contribution in [-0.4, -0.2) is 28.7 Å². The van der Waals surface area contributed by atoms with Crippen molar-refractivity contribution < 1.29 is 14.7 Å². The number of rotatable bonds is 6. The van der Waals surface area contributed by atoms with Gasteiger partial charge in [0, 0.05) is 12.0 Å². The number of benzene rings is 1. The number of amides is 2. The monoisotopic (exact) mass is 278 g/mol. The summed E-state index contributed by atoms with van der Waals surface area (Å²) in [6, 6.07) is 7.83. The summed E-state index contributed by atoms with van der Waals surface area (Å²) in [6.45, 7) is 5.73. The predicted octanol–water partition coefficient (Wildman–Crippen LogP) is 2.17. The van der Waals surface area contributed by atoms with Gasteiger partial charge in [-0.25, -0.2) is 9.59 Å². The second-order valence-electron chi connectivity index (χ2n) is 5.42. The molecule has 0 aliphatic heterocycles. The van der Waals surface area contributed by atoms with Crippen molar-refractivity contribution in [3.63, 3.8) is 0 Å². The fraction of sp³-hybridized carbons (Fsp3) is 0.467. The summed E-state index contributed by atoms with van der Waals surface area (Å²) in [5.41, 5.74) is 0.509. The van der Waals surface area contributed by atoms with Crippen LogP contribution in [0.5, 0.6) is 0 Å². The highest BCUT2D eigenvalue weighted by Crippen LogP contribution is 2.07. The van der Waals surface area contributed by atoms with Gasteiger partial charge in [-0.05, 0) is 25.8 Å². The number of nitrogens with one attached hydrogen (secondary N) is 2. The van der Waals surface area contributed by atoms with Crippen molar-refractivity contribution in [2.45, 2.75) is 45.2 Å². The highest BCUT2D eigenvalue weighted by molar-refractivity contribution is 5.83. The Labute approximate surface area is 119 Å². The summed E-state index contributed by atoms with van der Waals surface area (Å²) >= 11 is 0. The molecule has 5 nitrogen and oxygen atoms in total. The van der Waals surface area contributed by atoms with Gasteiger partial charge in [-0.1, -0.05) is 37.3 Å². The van der Waals surface area contributed by atoms with Crippen LogP contribution >= 0.6 is 0 Å². The molecule has 0 spiro atoms. The van der Waals surface area contributed by atoms with Crippen LogP contribution in [0.25, 0.3) is 0 Å². The summed E-state index contributed by atoms with van der Waals surface area (Å²) in [7, 11) is 0. The van der Waals surface area contributed by atoms with Gasteiger partial charge < -0.3 is 15.7 Å². The summed E-state index contributed by atoms with van der Waals surface area (Å²) in [6.07, 6.45) is 1.02. The molecule has 20 heavy (non-hydrogen) atoms. The van der Waals surface area contributed by atoms with E-state index in [1.807, 2.05) is 51.1 Å². The molecule has 0 bridgehead atoms. The van der Waals surface area contributed by atoms with Gasteiger partial charge in [-0.3, -0.25) is 0 Å². The lowest BCUT2D eigenvalue weighted by molar-refractivity contribution is -0.139. The highest BCUT2D eigenvalue weighted by Gasteiger charge is 2.23. The normalized spacial score (nSPS) is 12.6. The minimum Gasteiger partial charge on any atom is -0.480 e. The minimum absolute atomic E-state index is 0.260. The van der Waals surface area contributed by atoms with E-state index in [2.05, 4.69) is 10.6 Å². The van der Waals surface area contributed by atoms with Crippen LogP contribution in [0.3, 0.4) is 0 Å². The van der Waals surface area contributed by atoms with Gasteiger partial charge in [0.2, 0.25) is 0 Å². The van der Waals surface area contributed by atoms with Crippen molar-refractivity contribution in [2.75, 3.05) is 0 Å².